The quantitative estimate of drug-likeness (QED) is 0.523. The fourth-order valence-electron chi connectivity index (χ4n) is 6.41. The summed E-state index contributed by atoms with van der Waals surface area (Å²) in [4.78, 5) is 37.3. The molecule has 6 rings (SSSR count). The van der Waals surface area contributed by atoms with E-state index in [0.29, 0.717) is 47.7 Å². The monoisotopic (exact) mass is 496 g/mol. The lowest BCUT2D eigenvalue weighted by Crippen LogP contribution is -2.57. The Labute approximate surface area is 208 Å². The molecule has 1 saturated carbocycles. The number of anilines is 1. The molecule has 3 aromatic rings. The van der Waals surface area contributed by atoms with Gasteiger partial charge >= 0.3 is 0 Å². The van der Waals surface area contributed by atoms with Crippen molar-refractivity contribution in [1.82, 2.24) is 24.8 Å². The third-order valence-corrected chi connectivity index (χ3v) is 9.57. The first kappa shape index (κ1) is 22.0. The van der Waals surface area contributed by atoms with Gasteiger partial charge in [0.2, 0.25) is 11.9 Å². The number of hydrogen-bond acceptors (Lipinski definition) is 6. The second-order valence-electron chi connectivity index (χ2n) is 10.4. The molecule has 3 heterocycles. The van der Waals surface area contributed by atoms with E-state index in [4.69, 9.17) is 33.2 Å². The molecule has 3 aliphatic rings. The van der Waals surface area contributed by atoms with Crippen LogP contribution in [0.4, 0.5) is 5.95 Å². The van der Waals surface area contributed by atoms with Crippen molar-refractivity contribution in [2.75, 3.05) is 31.1 Å². The first-order valence-electron chi connectivity index (χ1n) is 11.7. The highest BCUT2D eigenvalue weighted by molar-refractivity contribution is 6.42. The molecule has 9 heteroatoms. The number of rotatable bonds is 2. The van der Waals surface area contributed by atoms with Crippen LogP contribution in [0.25, 0.3) is 11.0 Å². The SMILES string of the molecule is CC12CCC(C(=O)N3CCN(c4ncccn4)CC3)(c3nc4cc(Cl)c(Cl)cc4nc31)C2(C)C. The molecular weight excluding hydrogens is 471 g/mol. The van der Waals surface area contributed by atoms with Gasteiger partial charge < -0.3 is 9.80 Å². The van der Waals surface area contributed by atoms with Crippen molar-refractivity contribution >= 4 is 46.1 Å². The number of nitrogens with zero attached hydrogens (tertiary/aromatic N) is 6. The Morgan fingerprint density at radius 1 is 0.882 bits per heavy atom. The zero-order valence-corrected chi connectivity index (χ0v) is 21.0. The summed E-state index contributed by atoms with van der Waals surface area (Å²) in [6.07, 6.45) is 5.17. The van der Waals surface area contributed by atoms with Gasteiger partial charge in [-0.1, -0.05) is 44.0 Å². The third-order valence-electron chi connectivity index (χ3n) is 8.85. The molecule has 2 unspecified atom stereocenters. The molecule has 176 valence electrons. The molecule has 34 heavy (non-hydrogen) atoms. The lowest BCUT2D eigenvalue weighted by molar-refractivity contribution is -0.141. The lowest BCUT2D eigenvalue weighted by Gasteiger charge is -2.44. The van der Waals surface area contributed by atoms with Crippen LogP contribution in [-0.2, 0) is 15.6 Å². The maximum atomic E-state index is 14.4. The standard InChI is InChI=1S/C25H26Cl2N6O/c1-23(2)24(3)5-6-25(23,20-19(24)30-17-13-15(26)16(27)14-18(17)31-20)21(34)32-9-11-33(12-10-32)22-28-7-4-8-29-22/h4,7-8,13-14H,5-6,9-12H2,1-3H3. The molecule has 1 aliphatic heterocycles. The molecule has 0 N–H and O–H groups in total. The van der Waals surface area contributed by atoms with E-state index in [1.165, 1.54) is 0 Å². The van der Waals surface area contributed by atoms with Crippen LogP contribution < -0.4 is 4.90 Å². The Morgan fingerprint density at radius 2 is 1.47 bits per heavy atom. The number of halogens is 2. The van der Waals surface area contributed by atoms with Crippen molar-refractivity contribution in [2.24, 2.45) is 5.41 Å². The molecule has 2 atom stereocenters. The summed E-state index contributed by atoms with van der Waals surface area (Å²) >= 11 is 12.6. The summed E-state index contributed by atoms with van der Waals surface area (Å²) < 4.78 is 0. The van der Waals surface area contributed by atoms with Crippen molar-refractivity contribution in [3.05, 3.63) is 52.0 Å². The van der Waals surface area contributed by atoms with Crippen LogP contribution in [0, 0.1) is 5.41 Å². The van der Waals surface area contributed by atoms with Crippen molar-refractivity contribution in [1.29, 1.82) is 0 Å². The second-order valence-corrected chi connectivity index (χ2v) is 11.2. The molecule has 1 saturated heterocycles. The van der Waals surface area contributed by atoms with Crippen molar-refractivity contribution in [3.8, 4) is 0 Å². The van der Waals surface area contributed by atoms with Gasteiger partial charge in [0.1, 0.15) is 0 Å². The van der Waals surface area contributed by atoms with Crippen LogP contribution in [0.5, 0.6) is 0 Å². The van der Waals surface area contributed by atoms with Crippen molar-refractivity contribution in [2.45, 2.75) is 44.4 Å². The Morgan fingerprint density at radius 3 is 2.09 bits per heavy atom. The van der Waals surface area contributed by atoms with Gasteiger partial charge in [0, 0.05) is 44.0 Å². The van der Waals surface area contributed by atoms with Crippen LogP contribution in [0.2, 0.25) is 10.0 Å². The van der Waals surface area contributed by atoms with Crippen LogP contribution in [0.1, 0.15) is 45.0 Å². The number of aromatic nitrogens is 4. The number of hydrogen-bond donors (Lipinski definition) is 0. The predicted octanol–water partition coefficient (Wildman–Crippen LogP) is 4.40. The van der Waals surface area contributed by atoms with Crippen LogP contribution in [-0.4, -0.2) is 56.9 Å². The number of benzene rings is 1. The lowest BCUT2D eigenvalue weighted by atomic mass is 9.63. The van der Waals surface area contributed by atoms with Crippen LogP contribution >= 0.6 is 23.2 Å². The molecule has 0 radical (unpaired) electrons. The smallest absolute Gasteiger partial charge is 0.235 e. The van der Waals surface area contributed by atoms with Gasteiger partial charge in [0.05, 0.1) is 37.9 Å². The molecule has 2 bridgehead atoms. The molecule has 2 aromatic heterocycles. The molecule has 2 aliphatic carbocycles. The van der Waals surface area contributed by atoms with Crippen molar-refractivity contribution in [3.63, 3.8) is 0 Å². The van der Waals surface area contributed by atoms with E-state index in [1.54, 1.807) is 24.5 Å². The summed E-state index contributed by atoms with van der Waals surface area (Å²) in [5.74, 6) is 0.864. The Kier molecular flexibility index (Phi) is 4.69. The first-order valence-corrected chi connectivity index (χ1v) is 12.4. The molecule has 1 aromatic carbocycles. The number of carbonyl (C=O) groups is 1. The summed E-state index contributed by atoms with van der Waals surface area (Å²) in [6.45, 7) is 9.31. The largest absolute Gasteiger partial charge is 0.338 e. The summed E-state index contributed by atoms with van der Waals surface area (Å²) in [6, 6.07) is 5.34. The second kappa shape index (κ2) is 7.25. The minimum absolute atomic E-state index is 0.155. The van der Waals surface area contributed by atoms with E-state index in [1.807, 2.05) is 11.0 Å². The Bertz CT molecular complexity index is 1320. The first-order chi connectivity index (χ1) is 16.2. The van der Waals surface area contributed by atoms with Gasteiger partial charge in [0.25, 0.3) is 0 Å². The van der Waals surface area contributed by atoms with Gasteiger partial charge in [-0.25, -0.2) is 19.9 Å². The van der Waals surface area contributed by atoms with E-state index in [9.17, 15) is 4.79 Å². The maximum Gasteiger partial charge on any atom is 0.235 e. The normalized spacial score (nSPS) is 27.3. The number of amides is 1. The van der Waals surface area contributed by atoms with Crippen LogP contribution in [0.3, 0.4) is 0 Å². The van der Waals surface area contributed by atoms with Gasteiger partial charge in [-0.05, 0) is 36.5 Å². The summed E-state index contributed by atoms with van der Waals surface area (Å²) in [5, 5.41) is 0.902. The molecule has 2 fully saturated rings. The van der Waals surface area contributed by atoms with Gasteiger partial charge in [-0.15, -0.1) is 0 Å². The third kappa shape index (κ3) is 2.68. The van der Waals surface area contributed by atoms with Gasteiger partial charge in [-0.2, -0.15) is 0 Å². The van der Waals surface area contributed by atoms with Crippen molar-refractivity contribution < 1.29 is 4.79 Å². The molecular formula is C25H26Cl2N6O. The maximum absolute atomic E-state index is 14.4. The van der Waals surface area contributed by atoms with E-state index < -0.39 is 5.41 Å². The minimum Gasteiger partial charge on any atom is -0.338 e. The fourth-order valence-corrected chi connectivity index (χ4v) is 6.72. The zero-order chi connectivity index (χ0) is 23.9. The van der Waals surface area contributed by atoms with E-state index in [2.05, 4.69) is 35.6 Å². The molecule has 1 amide bonds. The summed E-state index contributed by atoms with van der Waals surface area (Å²) in [5.41, 5.74) is 1.86. The number of carbonyl (C=O) groups excluding carboxylic acids is 1. The minimum atomic E-state index is -0.712. The van der Waals surface area contributed by atoms with Gasteiger partial charge in [0.15, 0.2) is 0 Å². The number of fused-ring (bicyclic) bond motifs is 6. The highest BCUT2D eigenvalue weighted by atomic mass is 35.5. The molecule has 0 spiro atoms. The van der Waals surface area contributed by atoms with E-state index in [-0.39, 0.29) is 16.7 Å². The average Bonchev–Trinajstić information content (AvgIpc) is 3.13. The van der Waals surface area contributed by atoms with Gasteiger partial charge in [-0.3, -0.25) is 4.79 Å². The molecule has 7 nitrogen and oxygen atoms in total. The highest BCUT2D eigenvalue weighted by Crippen LogP contribution is 2.70. The topological polar surface area (TPSA) is 75.1 Å². The average molecular weight is 497 g/mol. The summed E-state index contributed by atoms with van der Waals surface area (Å²) in [7, 11) is 0. The van der Waals surface area contributed by atoms with Crippen LogP contribution in [0.15, 0.2) is 30.6 Å². The van der Waals surface area contributed by atoms with E-state index in [0.717, 1.165) is 29.7 Å². The number of piperazine rings is 1. The van der Waals surface area contributed by atoms with E-state index >= 15 is 0 Å². The predicted molar refractivity (Wildman–Crippen MR) is 132 cm³/mol. The zero-order valence-electron chi connectivity index (χ0n) is 19.5. The fraction of sp³-hybridized carbons (Fsp3) is 0.480. The Balaban J connectivity index is 1.40. The highest BCUT2D eigenvalue weighted by Gasteiger charge is 2.73. The Hall–Kier alpha value is -2.51.